The number of primary amides is 1. The first-order chi connectivity index (χ1) is 61.7. The van der Waals surface area contributed by atoms with E-state index in [1.807, 2.05) is 0 Å². The van der Waals surface area contributed by atoms with Crippen molar-refractivity contribution in [3.63, 3.8) is 0 Å². The van der Waals surface area contributed by atoms with Gasteiger partial charge in [-0.25, -0.2) is 15.1 Å². The van der Waals surface area contributed by atoms with Gasteiger partial charge in [-0.05, 0) is 139 Å². The van der Waals surface area contributed by atoms with Crippen LogP contribution >= 0.6 is 46.4 Å². The number of nitrogens with one attached hydrogen (secondary N) is 11. The zero-order valence-corrected chi connectivity index (χ0v) is 72.9. The Morgan fingerprint density at radius 1 is 0.700 bits per heavy atom. The second-order valence-electron chi connectivity index (χ2n) is 31.7. The number of hydrogen-bond donors (Lipinski definition) is 21. The number of hydrogen-bond acceptors (Lipinski definition) is 31. The highest BCUT2D eigenvalue weighted by molar-refractivity contribution is 6.42. The molecule has 7 aliphatic rings. The number of aliphatic hydroxyl groups excluding tert-OH is 6. The standard InChI is InChI=1S/C84H94Cl4N14O28/c1-34(2)21-48(90-5)74(114)99-65-67(109)38-9-13-52(46(87)25-38)126-54-27-40-28-55(71(54)130-81-72(70(112)69(111)56(33-103)128-81)129-60-32-84(4,73(113)35(3)125-60)92-16-19-102-18-15-58(95-82(102)121)94-59(108)23-36-7-11-44(85)45(86)22-36)127-53-14-10-39(26-47(53)88)68(110)66-79(119)98-64(80(120)101-124-20-17-91-83(122)123-6)43-29-41(104)30-51(106)61(43)42-24-37(8-12-50(42)105)62(76(116)100-66)97-77(117)63(40)96-75(115)49(31-57(89)107)93-78(65)118/h7-15,18,22,24-30,34-35,48-49,56,60,62-70,72-73,81,90,92,103-106,109-113H,16-17,19-21,23,31-33H2,1-6H3,(H2,89,107)(H,91,122)(H,93,118)(H,96,115)(H,97,117)(H,98,119)(H,99,114)(H,100,116)(H,101,120)(H,94,95,108,121)/t35-,48+,49-,56+,60-,62+,63+,64+,65+,66-,67+,68+,69+,70-,72+,73+,81-,84-/m0/s1. The highest BCUT2D eigenvalue weighted by atomic mass is 35.5. The van der Waals surface area contributed by atoms with Crippen LogP contribution in [-0.4, -0.2) is 234 Å². The normalized spacial score (nSPS) is 25.3. The minimum Gasteiger partial charge on any atom is -0.508 e. The highest BCUT2D eigenvalue weighted by Crippen LogP contribution is 2.50. The smallest absolute Gasteiger partial charge is 0.406 e. The number of fused-ring (bicyclic) bond motifs is 15. The van der Waals surface area contributed by atoms with E-state index in [0.717, 1.165) is 73.8 Å². The lowest BCUT2D eigenvalue weighted by Crippen LogP contribution is -2.65. The second-order valence-corrected chi connectivity index (χ2v) is 33.3. The number of nitrogens with zero attached hydrogens (tertiary/aromatic N) is 2. The molecule has 7 aromatic rings. The number of nitrogens with two attached hydrogens (primary N) is 1. The molecule has 11 bridgehead atoms. The summed E-state index contributed by atoms with van der Waals surface area (Å²) in [4.78, 5) is 168. The van der Waals surface area contributed by atoms with E-state index in [1.165, 1.54) is 55.1 Å². The number of aromatic nitrogens is 2. The fourth-order valence-electron chi connectivity index (χ4n) is 15.3. The van der Waals surface area contributed by atoms with Crippen molar-refractivity contribution in [2.75, 3.05) is 45.8 Å². The maximum Gasteiger partial charge on any atom is 0.406 e. The van der Waals surface area contributed by atoms with Gasteiger partial charge in [0.05, 0.1) is 71.5 Å². The van der Waals surface area contributed by atoms with E-state index in [0.29, 0.717) is 5.56 Å². The van der Waals surface area contributed by atoms with Crippen molar-refractivity contribution in [3.8, 4) is 57.1 Å². The van der Waals surface area contributed by atoms with Crippen molar-refractivity contribution in [1.29, 1.82) is 0 Å². The number of amides is 10. The molecule has 46 heteroatoms. The largest absolute Gasteiger partial charge is 0.508 e. The molecule has 18 atom stereocenters. The molecule has 0 aliphatic carbocycles. The maximum absolute atomic E-state index is 16.4. The monoisotopic (exact) mass is 1890 g/mol. The molecule has 8 heterocycles. The molecule has 10 amide bonds. The van der Waals surface area contributed by atoms with Crippen LogP contribution in [0.2, 0.25) is 20.1 Å². The Morgan fingerprint density at radius 3 is 2.00 bits per heavy atom. The summed E-state index contributed by atoms with van der Waals surface area (Å²) in [5.41, 5.74) is 3.29. The molecule has 130 heavy (non-hydrogen) atoms. The number of aromatic hydroxyl groups is 3. The van der Waals surface area contributed by atoms with Gasteiger partial charge in [-0.2, -0.15) is 4.98 Å². The number of ether oxygens (including phenoxy) is 7. The van der Waals surface area contributed by atoms with Gasteiger partial charge in [0.1, 0.15) is 101 Å². The van der Waals surface area contributed by atoms with E-state index < -0.39 is 278 Å². The number of phenolic OH excluding ortho intramolecular Hbond substituents is 3. The summed E-state index contributed by atoms with van der Waals surface area (Å²) in [5, 5.41) is 132. The number of rotatable bonds is 24. The summed E-state index contributed by atoms with van der Waals surface area (Å²) in [7, 11) is 2.54. The van der Waals surface area contributed by atoms with Crippen molar-refractivity contribution in [3.05, 3.63) is 173 Å². The first-order valence-corrected chi connectivity index (χ1v) is 42.0. The minimum atomic E-state index is -2.42. The van der Waals surface area contributed by atoms with Crippen LogP contribution in [-0.2, 0) is 79.9 Å². The highest BCUT2D eigenvalue weighted by Gasteiger charge is 2.52. The number of hydroxylamine groups is 1. The Morgan fingerprint density at radius 2 is 1.36 bits per heavy atom. The molecule has 2 fully saturated rings. The molecular weight excluding hydrogens is 1790 g/mol. The van der Waals surface area contributed by atoms with Crippen molar-refractivity contribution in [1.82, 2.24) is 62.9 Å². The molecule has 0 spiro atoms. The lowest BCUT2D eigenvalue weighted by atomic mass is 9.85. The van der Waals surface area contributed by atoms with Gasteiger partial charge in [0.25, 0.3) is 5.91 Å². The average molecular weight is 1890 g/mol. The molecule has 2 saturated heterocycles. The summed E-state index contributed by atoms with van der Waals surface area (Å²) in [5.74, 6) is -16.6. The topological polar surface area (TPSA) is 620 Å². The van der Waals surface area contributed by atoms with Gasteiger partial charge >= 0.3 is 11.8 Å². The average Bonchev–Trinajstić information content (AvgIpc) is 0.764. The third-order valence-corrected chi connectivity index (χ3v) is 23.3. The molecule has 22 N–H and O–H groups in total. The van der Waals surface area contributed by atoms with E-state index in [4.69, 9.17) is 85.4 Å². The quantitative estimate of drug-likeness (QED) is 0.0303. The molecule has 0 saturated carbocycles. The first-order valence-electron chi connectivity index (χ1n) is 40.5. The number of methoxy groups -OCH3 is 1. The predicted molar refractivity (Wildman–Crippen MR) is 457 cm³/mol. The Kier molecular flexibility index (Phi) is 31.4. The fraction of sp³-hybridized carbons (Fsp3) is 0.405. The van der Waals surface area contributed by atoms with Gasteiger partial charge in [-0.3, -0.25) is 52.6 Å². The van der Waals surface area contributed by atoms with Crippen molar-refractivity contribution >= 4 is 111 Å². The van der Waals surface area contributed by atoms with Crippen LogP contribution in [0.4, 0.5) is 10.6 Å². The Bertz CT molecular complexity index is 5550. The van der Waals surface area contributed by atoms with Crippen LogP contribution in [0.5, 0.6) is 46.0 Å². The SMILES string of the molecule is CN[C@H](CC(C)C)C(=O)N[C@H]1C(=O)N[C@@H](CC(N)=O)C(=O)N[C@H]2C(=O)N[C@H]3C(=O)N[C@H](C(=O)N[C@@H](C(=O)NOCCNC(=O)OC)c4cc(O)cc(O)c4-c4cc3ccc4O)[C@H](O)c3ccc(c(Cl)c3)Oc3cc2cc(c3O[C@@H]2O[C@H](CO)[C@@H](O)[C@H](O)[C@H]2O[C@H]2C[C@](C)(NCCn3ccc(NC(=O)Cc4ccc(Cl)c(Cl)c4)nc3=O)[C@H](O)[C@H](C)O2)Oc2ccc(cc2Cl)[C@H]1O. The molecule has 6 aromatic carbocycles. The van der Waals surface area contributed by atoms with Crippen molar-refractivity contribution in [2.45, 2.75) is 169 Å². The number of alkyl carbamates (subject to hydrolysis) is 1. The van der Waals surface area contributed by atoms with Gasteiger partial charge in [-0.15, -0.1) is 0 Å². The number of anilines is 1. The second kappa shape index (κ2) is 41.9. The van der Waals surface area contributed by atoms with Crippen LogP contribution in [0, 0.1) is 5.92 Å². The summed E-state index contributed by atoms with van der Waals surface area (Å²) in [6.07, 6.45) is -19.4. The van der Waals surface area contributed by atoms with Crippen molar-refractivity contribution < 1.29 is 132 Å². The summed E-state index contributed by atoms with van der Waals surface area (Å²) in [6, 6.07) is 5.02. The van der Waals surface area contributed by atoms with Crippen molar-refractivity contribution in [2.24, 2.45) is 11.7 Å². The molecule has 696 valence electrons. The number of benzene rings is 6. The van der Waals surface area contributed by atoms with Gasteiger partial charge in [0.15, 0.2) is 23.9 Å². The summed E-state index contributed by atoms with van der Waals surface area (Å²) >= 11 is 26.6. The number of halogens is 4. The first kappa shape index (κ1) is 97.2. The zero-order valence-electron chi connectivity index (χ0n) is 69.9. The van der Waals surface area contributed by atoms with Gasteiger partial charge < -0.3 is 138 Å². The number of likely N-dealkylation sites (N-methyl/N-ethyl adjacent to an activating group) is 1. The van der Waals surface area contributed by atoms with Gasteiger partial charge in [-0.1, -0.05) is 84.5 Å². The number of carbonyl (C=O) groups is 10. The summed E-state index contributed by atoms with van der Waals surface area (Å²) in [6.45, 7) is 4.79. The van der Waals surface area contributed by atoms with Gasteiger partial charge in [0, 0.05) is 55.0 Å². The minimum absolute atomic E-state index is 0.0499. The van der Waals surface area contributed by atoms with Crippen LogP contribution in [0.15, 0.2) is 114 Å². The molecule has 7 aliphatic heterocycles. The van der Waals surface area contributed by atoms with E-state index in [2.05, 4.69) is 68.4 Å². The Labute approximate surface area is 759 Å². The summed E-state index contributed by atoms with van der Waals surface area (Å²) < 4.78 is 45.2. The number of carbonyl (C=O) groups excluding carboxylic acids is 10. The zero-order chi connectivity index (χ0) is 94.2. The van der Waals surface area contributed by atoms with Crippen LogP contribution in [0.3, 0.4) is 0 Å². The lowest BCUT2D eigenvalue weighted by Gasteiger charge is -2.48. The maximum atomic E-state index is 16.4. The third-order valence-electron chi connectivity index (χ3n) is 22.0. The van der Waals surface area contributed by atoms with E-state index >= 15 is 24.0 Å². The van der Waals surface area contributed by atoms with Crippen LogP contribution in [0.25, 0.3) is 11.1 Å². The van der Waals surface area contributed by atoms with Crippen LogP contribution in [0.1, 0.15) is 111 Å². The van der Waals surface area contributed by atoms with E-state index in [9.17, 15) is 74.7 Å². The third kappa shape index (κ3) is 22.6. The molecular formula is C84H94Cl4N14O28. The van der Waals surface area contributed by atoms with E-state index in [1.54, 1.807) is 26.8 Å². The molecule has 0 radical (unpaired) electrons. The van der Waals surface area contributed by atoms with Crippen LogP contribution < -0.4 is 84.3 Å². The molecule has 0 unspecified atom stereocenters. The number of phenols is 3. The number of aliphatic hydroxyl groups is 6. The predicted octanol–water partition coefficient (Wildman–Crippen LogP) is 1.80. The fourth-order valence-corrected chi connectivity index (χ4v) is 16.0. The molecule has 14 rings (SSSR count). The molecule has 1 aromatic heterocycles. The Balaban J connectivity index is 0.994. The lowest BCUT2D eigenvalue weighted by molar-refractivity contribution is -0.334. The van der Waals surface area contributed by atoms with Gasteiger partial charge in [0.2, 0.25) is 59.3 Å². The Hall–Kier alpha value is -11.8. The van der Waals surface area contributed by atoms with E-state index in [-0.39, 0.29) is 71.8 Å². The molecule has 42 nitrogen and oxygen atoms in total.